The van der Waals surface area contributed by atoms with Gasteiger partial charge in [0.1, 0.15) is 6.54 Å². The van der Waals surface area contributed by atoms with Crippen LogP contribution in [0.25, 0.3) is 0 Å². The largest absolute Gasteiger partial charge is 0.339 e. The van der Waals surface area contributed by atoms with Crippen molar-refractivity contribution < 1.29 is 9.59 Å². The van der Waals surface area contributed by atoms with Crippen LogP contribution in [-0.2, 0) is 11.3 Å². The first-order valence-electron chi connectivity index (χ1n) is 8.40. The van der Waals surface area contributed by atoms with E-state index in [1.807, 2.05) is 24.1 Å². The standard InChI is InChI=1S/C16H27N5O2/c1-3-4-7-17-16(23)20-9-5-8-19(11-12-20)15(22)13-21-10-6-14(2)18-21/h6,10H,3-5,7-9,11-13H2,1-2H3,(H,17,23). The van der Waals surface area contributed by atoms with Crippen molar-refractivity contribution in [2.45, 2.75) is 39.7 Å². The lowest BCUT2D eigenvalue weighted by Gasteiger charge is -2.22. The molecule has 1 aromatic heterocycles. The Morgan fingerprint density at radius 2 is 1.96 bits per heavy atom. The predicted molar refractivity (Wildman–Crippen MR) is 88.0 cm³/mol. The third kappa shape index (κ3) is 5.26. The summed E-state index contributed by atoms with van der Waals surface area (Å²) in [5.74, 6) is 0.0568. The molecule has 2 rings (SSSR count). The molecule has 1 aliphatic heterocycles. The molecule has 3 amide bonds. The van der Waals surface area contributed by atoms with E-state index in [0.717, 1.165) is 25.0 Å². The zero-order chi connectivity index (χ0) is 16.7. The smallest absolute Gasteiger partial charge is 0.317 e. The third-order valence-corrected chi connectivity index (χ3v) is 4.01. The number of carbonyl (C=O) groups is 2. The van der Waals surface area contributed by atoms with E-state index in [4.69, 9.17) is 0 Å². The zero-order valence-electron chi connectivity index (χ0n) is 14.1. The van der Waals surface area contributed by atoms with Crippen molar-refractivity contribution in [3.63, 3.8) is 0 Å². The summed E-state index contributed by atoms with van der Waals surface area (Å²) >= 11 is 0. The molecule has 1 aliphatic rings. The molecule has 1 saturated heterocycles. The van der Waals surface area contributed by atoms with Gasteiger partial charge in [0.05, 0.1) is 5.69 Å². The summed E-state index contributed by atoms with van der Waals surface area (Å²) in [6, 6.07) is 1.87. The predicted octanol–water partition coefficient (Wildman–Crippen LogP) is 1.24. The quantitative estimate of drug-likeness (QED) is 0.829. The average molecular weight is 321 g/mol. The van der Waals surface area contributed by atoms with Crippen LogP contribution in [0.2, 0.25) is 0 Å². The number of aryl methyl sites for hydroxylation is 1. The van der Waals surface area contributed by atoms with Crippen LogP contribution in [0.15, 0.2) is 12.3 Å². The summed E-state index contributed by atoms with van der Waals surface area (Å²) in [6.07, 6.45) is 4.69. The van der Waals surface area contributed by atoms with Crippen molar-refractivity contribution in [1.82, 2.24) is 24.9 Å². The molecule has 0 unspecified atom stereocenters. The Morgan fingerprint density at radius 3 is 2.65 bits per heavy atom. The van der Waals surface area contributed by atoms with Gasteiger partial charge in [0, 0.05) is 38.9 Å². The third-order valence-electron chi connectivity index (χ3n) is 4.01. The number of nitrogens with one attached hydrogen (secondary N) is 1. The van der Waals surface area contributed by atoms with E-state index in [1.165, 1.54) is 0 Å². The van der Waals surface area contributed by atoms with Crippen molar-refractivity contribution in [1.29, 1.82) is 0 Å². The lowest BCUT2D eigenvalue weighted by atomic mass is 10.3. The van der Waals surface area contributed by atoms with Gasteiger partial charge in [-0.25, -0.2) is 4.79 Å². The van der Waals surface area contributed by atoms with Gasteiger partial charge in [-0.1, -0.05) is 13.3 Å². The van der Waals surface area contributed by atoms with E-state index in [-0.39, 0.29) is 18.5 Å². The van der Waals surface area contributed by atoms with Gasteiger partial charge in [0.2, 0.25) is 5.91 Å². The maximum absolute atomic E-state index is 12.4. The maximum atomic E-state index is 12.4. The lowest BCUT2D eigenvalue weighted by molar-refractivity contribution is -0.131. The Bertz CT molecular complexity index is 528. The Hall–Kier alpha value is -2.05. The summed E-state index contributed by atoms with van der Waals surface area (Å²) < 4.78 is 1.66. The monoisotopic (exact) mass is 321 g/mol. The minimum Gasteiger partial charge on any atom is -0.339 e. The zero-order valence-corrected chi connectivity index (χ0v) is 14.1. The SMILES string of the molecule is CCCCNC(=O)N1CCCN(C(=O)Cn2ccc(C)n2)CC1. The van der Waals surface area contributed by atoms with Crippen LogP contribution in [-0.4, -0.2) is 64.2 Å². The van der Waals surface area contributed by atoms with Crippen LogP contribution in [0.5, 0.6) is 0 Å². The number of rotatable bonds is 5. The fourth-order valence-electron chi connectivity index (χ4n) is 2.64. The number of unbranched alkanes of at least 4 members (excludes halogenated alkanes) is 1. The topological polar surface area (TPSA) is 70.5 Å². The van der Waals surface area contributed by atoms with E-state index in [2.05, 4.69) is 17.3 Å². The molecule has 0 bridgehead atoms. The molecule has 0 atom stereocenters. The molecule has 0 radical (unpaired) electrons. The van der Waals surface area contributed by atoms with Crippen LogP contribution in [0.1, 0.15) is 31.9 Å². The number of hydrogen-bond acceptors (Lipinski definition) is 3. The van der Waals surface area contributed by atoms with E-state index in [9.17, 15) is 9.59 Å². The summed E-state index contributed by atoms with van der Waals surface area (Å²) in [6.45, 7) is 7.54. The Labute approximate surface area is 137 Å². The first kappa shape index (κ1) is 17.3. The number of urea groups is 1. The number of carbonyl (C=O) groups excluding carboxylic acids is 2. The molecule has 2 heterocycles. The maximum Gasteiger partial charge on any atom is 0.317 e. The van der Waals surface area contributed by atoms with Gasteiger partial charge in [-0.2, -0.15) is 5.10 Å². The van der Waals surface area contributed by atoms with Gasteiger partial charge < -0.3 is 15.1 Å². The van der Waals surface area contributed by atoms with Gasteiger partial charge in [-0.3, -0.25) is 9.48 Å². The fraction of sp³-hybridized carbons (Fsp3) is 0.688. The molecule has 1 aromatic rings. The fourth-order valence-corrected chi connectivity index (χ4v) is 2.64. The van der Waals surface area contributed by atoms with Crippen molar-refractivity contribution >= 4 is 11.9 Å². The first-order valence-corrected chi connectivity index (χ1v) is 8.40. The van der Waals surface area contributed by atoms with Crippen LogP contribution >= 0.6 is 0 Å². The van der Waals surface area contributed by atoms with Gasteiger partial charge in [-0.05, 0) is 25.8 Å². The molecule has 1 fully saturated rings. The molecule has 0 saturated carbocycles. The summed E-state index contributed by atoms with van der Waals surface area (Å²) in [4.78, 5) is 28.1. The molecule has 0 aliphatic carbocycles. The van der Waals surface area contributed by atoms with E-state index >= 15 is 0 Å². The van der Waals surface area contributed by atoms with Crippen LogP contribution in [0, 0.1) is 6.92 Å². The molecule has 0 aromatic carbocycles. The summed E-state index contributed by atoms with van der Waals surface area (Å²) in [5.41, 5.74) is 0.906. The second-order valence-electron chi connectivity index (χ2n) is 5.96. The Balaban J connectivity index is 1.80. The van der Waals surface area contributed by atoms with E-state index < -0.39 is 0 Å². The molecule has 1 N–H and O–H groups in total. The molecule has 7 heteroatoms. The number of amides is 3. The Kier molecular flexibility index (Phi) is 6.43. The summed E-state index contributed by atoms with van der Waals surface area (Å²) in [5, 5.41) is 7.19. The minimum atomic E-state index is -0.0181. The van der Waals surface area contributed by atoms with Gasteiger partial charge >= 0.3 is 6.03 Å². The highest BCUT2D eigenvalue weighted by Gasteiger charge is 2.22. The second kappa shape index (κ2) is 8.55. The lowest BCUT2D eigenvalue weighted by Crippen LogP contribution is -2.43. The van der Waals surface area contributed by atoms with Crippen molar-refractivity contribution in [3.05, 3.63) is 18.0 Å². The van der Waals surface area contributed by atoms with Gasteiger partial charge in [0.15, 0.2) is 0 Å². The number of aromatic nitrogens is 2. The van der Waals surface area contributed by atoms with Gasteiger partial charge in [0.25, 0.3) is 0 Å². The minimum absolute atomic E-state index is 0.0181. The van der Waals surface area contributed by atoms with Crippen LogP contribution < -0.4 is 5.32 Å². The highest BCUT2D eigenvalue weighted by molar-refractivity contribution is 5.76. The van der Waals surface area contributed by atoms with Crippen molar-refractivity contribution in [2.24, 2.45) is 0 Å². The number of nitrogens with zero attached hydrogens (tertiary/aromatic N) is 4. The van der Waals surface area contributed by atoms with E-state index in [0.29, 0.717) is 32.7 Å². The molecule has 128 valence electrons. The molecule has 0 spiro atoms. The van der Waals surface area contributed by atoms with Crippen LogP contribution in [0.4, 0.5) is 4.79 Å². The van der Waals surface area contributed by atoms with E-state index in [1.54, 1.807) is 9.58 Å². The normalized spacial score (nSPS) is 15.4. The van der Waals surface area contributed by atoms with Gasteiger partial charge in [-0.15, -0.1) is 0 Å². The first-order chi connectivity index (χ1) is 11.1. The van der Waals surface area contributed by atoms with Crippen molar-refractivity contribution in [3.8, 4) is 0 Å². The van der Waals surface area contributed by atoms with Crippen LogP contribution in [0.3, 0.4) is 0 Å². The highest BCUT2D eigenvalue weighted by atomic mass is 16.2. The Morgan fingerprint density at radius 1 is 1.22 bits per heavy atom. The molecule has 23 heavy (non-hydrogen) atoms. The highest BCUT2D eigenvalue weighted by Crippen LogP contribution is 2.05. The van der Waals surface area contributed by atoms with Crippen molar-refractivity contribution in [2.75, 3.05) is 32.7 Å². The number of hydrogen-bond donors (Lipinski definition) is 1. The molecule has 7 nitrogen and oxygen atoms in total. The molecular formula is C16H27N5O2. The second-order valence-corrected chi connectivity index (χ2v) is 5.96. The average Bonchev–Trinajstić information content (AvgIpc) is 2.79. The molecular weight excluding hydrogens is 294 g/mol. The summed E-state index contributed by atoms with van der Waals surface area (Å²) in [7, 11) is 0.